The number of hydrogen-bond acceptors (Lipinski definition) is 1. The minimum Gasteiger partial charge on any atom is -0.373 e. The molecule has 0 amide bonds. The van der Waals surface area contributed by atoms with Crippen molar-refractivity contribution in [2.24, 2.45) is 5.92 Å². The molecule has 1 aromatic rings. The summed E-state index contributed by atoms with van der Waals surface area (Å²) >= 11 is 15.4. The monoisotopic (exact) mass is 308 g/mol. The Hall–Kier alpha value is 0.240. The zero-order chi connectivity index (χ0) is 10.8. The van der Waals surface area contributed by atoms with Gasteiger partial charge in [0.2, 0.25) is 0 Å². The van der Waals surface area contributed by atoms with E-state index in [2.05, 4.69) is 15.9 Å². The van der Waals surface area contributed by atoms with Gasteiger partial charge < -0.3 is 4.74 Å². The van der Waals surface area contributed by atoms with Crippen molar-refractivity contribution >= 4 is 39.1 Å². The van der Waals surface area contributed by atoms with Crippen LogP contribution in [0, 0.1) is 5.92 Å². The zero-order valence-electron chi connectivity index (χ0n) is 8.05. The highest BCUT2D eigenvalue weighted by Crippen LogP contribution is 2.39. The van der Waals surface area contributed by atoms with Crippen molar-refractivity contribution in [3.63, 3.8) is 0 Å². The first kappa shape index (κ1) is 11.7. The average Bonchev–Trinajstić information content (AvgIpc) is 2.69. The van der Waals surface area contributed by atoms with Crippen molar-refractivity contribution in [3.8, 4) is 0 Å². The molecule has 0 spiro atoms. The zero-order valence-corrected chi connectivity index (χ0v) is 11.1. The smallest absolute Gasteiger partial charge is 0.0876 e. The Balaban J connectivity index is 2.31. The van der Waals surface area contributed by atoms with Crippen LogP contribution >= 0.6 is 39.1 Å². The minimum atomic E-state index is 0.0792. The fourth-order valence-electron chi connectivity index (χ4n) is 1.87. The number of benzene rings is 1. The highest BCUT2D eigenvalue weighted by Gasteiger charge is 2.30. The summed E-state index contributed by atoms with van der Waals surface area (Å²) in [5.74, 6) is 1.02. The Labute approximate surface area is 108 Å². The third-order valence-electron chi connectivity index (χ3n) is 2.68. The summed E-state index contributed by atoms with van der Waals surface area (Å²) in [5, 5.41) is 0.733. The van der Waals surface area contributed by atoms with Crippen molar-refractivity contribution < 1.29 is 4.74 Å². The second kappa shape index (κ2) is 5.05. The van der Waals surface area contributed by atoms with Gasteiger partial charge in [0.15, 0.2) is 0 Å². The maximum Gasteiger partial charge on any atom is 0.0876 e. The molecule has 0 N–H and O–H groups in total. The molecule has 2 unspecified atom stereocenters. The van der Waals surface area contributed by atoms with Crippen LogP contribution < -0.4 is 0 Å². The molecular weight excluding hydrogens is 299 g/mol. The lowest BCUT2D eigenvalue weighted by Crippen LogP contribution is -2.09. The standard InChI is InChI=1S/C11H11BrCl2O/c12-10-2-1-8(14)5-9(10)11-7(6-13)3-4-15-11/h1-2,5,7,11H,3-4,6H2. The summed E-state index contributed by atoms with van der Waals surface area (Å²) in [7, 11) is 0. The Morgan fingerprint density at radius 3 is 3.00 bits per heavy atom. The molecule has 82 valence electrons. The number of alkyl halides is 1. The molecule has 4 heteroatoms. The molecule has 0 radical (unpaired) electrons. The Kier molecular flexibility index (Phi) is 3.94. The second-order valence-corrected chi connectivity index (χ2v) is 5.26. The van der Waals surface area contributed by atoms with Gasteiger partial charge in [0.05, 0.1) is 6.10 Å². The fraction of sp³-hybridized carbons (Fsp3) is 0.455. The summed E-state index contributed by atoms with van der Waals surface area (Å²) in [6.07, 6.45) is 1.10. The van der Waals surface area contributed by atoms with Crippen molar-refractivity contribution in [1.82, 2.24) is 0 Å². The van der Waals surface area contributed by atoms with E-state index in [-0.39, 0.29) is 6.10 Å². The van der Waals surface area contributed by atoms with Crippen LogP contribution in [0.25, 0.3) is 0 Å². The third-order valence-corrected chi connectivity index (χ3v) is 4.03. The van der Waals surface area contributed by atoms with Crippen LogP contribution in [0.2, 0.25) is 5.02 Å². The van der Waals surface area contributed by atoms with E-state index in [0.717, 1.165) is 28.1 Å². The van der Waals surface area contributed by atoms with Crippen LogP contribution in [-0.4, -0.2) is 12.5 Å². The molecule has 0 bridgehead atoms. The first-order chi connectivity index (χ1) is 7.22. The van der Waals surface area contributed by atoms with E-state index in [1.807, 2.05) is 18.2 Å². The molecule has 0 saturated carbocycles. The maximum absolute atomic E-state index is 5.98. The lowest BCUT2D eigenvalue weighted by Gasteiger charge is -2.18. The van der Waals surface area contributed by atoms with E-state index in [4.69, 9.17) is 27.9 Å². The quantitative estimate of drug-likeness (QED) is 0.735. The predicted molar refractivity (Wildman–Crippen MR) is 66.7 cm³/mol. The number of halogens is 3. The molecule has 1 fully saturated rings. The molecule has 1 aliphatic rings. The van der Waals surface area contributed by atoms with Crippen LogP contribution in [0.1, 0.15) is 18.1 Å². The van der Waals surface area contributed by atoms with E-state index in [9.17, 15) is 0 Å². The van der Waals surface area contributed by atoms with Gasteiger partial charge >= 0.3 is 0 Å². The first-order valence-electron chi connectivity index (χ1n) is 4.85. The largest absolute Gasteiger partial charge is 0.373 e. The molecule has 1 nitrogen and oxygen atoms in total. The van der Waals surface area contributed by atoms with Gasteiger partial charge in [0.1, 0.15) is 0 Å². The third kappa shape index (κ3) is 2.50. The molecular formula is C11H11BrCl2O. The van der Waals surface area contributed by atoms with E-state index in [0.29, 0.717) is 11.8 Å². The van der Waals surface area contributed by atoms with E-state index in [1.54, 1.807) is 0 Å². The fourth-order valence-corrected chi connectivity index (χ4v) is 2.84. The molecule has 0 aliphatic carbocycles. The van der Waals surface area contributed by atoms with Gasteiger partial charge in [0, 0.05) is 27.9 Å². The van der Waals surface area contributed by atoms with Crippen molar-refractivity contribution in [2.75, 3.05) is 12.5 Å². The maximum atomic E-state index is 5.98. The van der Waals surface area contributed by atoms with E-state index >= 15 is 0 Å². The molecule has 1 heterocycles. The summed E-state index contributed by atoms with van der Waals surface area (Å²) < 4.78 is 6.74. The van der Waals surface area contributed by atoms with Gasteiger partial charge in [0.25, 0.3) is 0 Å². The second-order valence-electron chi connectivity index (χ2n) is 3.66. The highest BCUT2D eigenvalue weighted by molar-refractivity contribution is 9.10. The van der Waals surface area contributed by atoms with E-state index in [1.165, 1.54) is 0 Å². The van der Waals surface area contributed by atoms with Crippen LogP contribution in [-0.2, 0) is 4.74 Å². The SMILES string of the molecule is ClCC1CCOC1c1cc(Cl)ccc1Br. The van der Waals surface area contributed by atoms with Gasteiger partial charge in [-0.3, -0.25) is 0 Å². The molecule has 2 rings (SSSR count). The summed E-state index contributed by atoms with van der Waals surface area (Å²) in [6, 6.07) is 5.76. The van der Waals surface area contributed by atoms with Crippen LogP contribution in [0.5, 0.6) is 0 Å². The lowest BCUT2D eigenvalue weighted by atomic mass is 9.97. The van der Waals surface area contributed by atoms with Gasteiger partial charge in [-0.2, -0.15) is 0 Å². The van der Waals surface area contributed by atoms with Crippen LogP contribution in [0.15, 0.2) is 22.7 Å². The molecule has 1 saturated heterocycles. The van der Waals surface area contributed by atoms with Crippen molar-refractivity contribution in [3.05, 3.63) is 33.3 Å². The van der Waals surface area contributed by atoms with Crippen molar-refractivity contribution in [2.45, 2.75) is 12.5 Å². The van der Waals surface area contributed by atoms with Gasteiger partial charge in [-0.15, -0.1) is 11.6 Å². The van der Waals surface area contributed by atoms with Gasteiger partial charge in [-0.05, 0) is 30.2 Å². The number of ether oxygens (including phenoxy) is 1. The summed E-state index contributed by atoms with van der Waals surface area (Å²) in [5.41, 5.74) is 1.10. The van der Waals surface area contributed by atoms with Crippen molar-refractivity contribution in [1.29, 1.82) is 0 Å². The Morgan fingerprint density at radius 1 is 1.47 bits per heavy atom. The first-order valence-corrected chi connectivity index (χ1v) is 6.55. The normalized spacial score (nSPS) is 25.8. The highest BCUT2D eigenvalue weighted by atomic mass is 79.9. The predicted octanol–water partition coefficient (Wildman–Crippen LogP) is 4.42. The van der Waals surface area contributed by atoms with Crippen LogP contribution in [0.3, 0.4) is 0 Å². The van der Waals surface area contributed by atoms with Crippen LogP contribution in [0.4, 0.5) is 0 Å². The Morgan fingerprint density at radius 2 is 2.27 bits per heavy atom. The molecule has 1 aliphatic heterocycles. The molecule has 15 heavy (non-hydrogen) atoms. The molecule has 1 aromatic carbocycles. The van der Waals surface area contributed by atoms with E-state index < -0.39 is 0 Å². The molecule has 0 aromatic heterocycles. The number of rotatable bonds is 2. The Bertz CT molecular complexity index is 356. The van der Waals surface area contributed by atoms with Gasteiger partial charge in [-0.25, -0.2) is 0 Å². The number of hydrogen-bond donors (Lipinski definition) is 0. The minimum absolute atomic E-state index is 0.0792. The summed E-state index contributed by atoms with van der Waals surface area (Å²) in [4.78, 5) is 0. The average molecular weight is 310 g/mol. The summed E-state index contributed by atoms with van der Waals surface area (Å²) in [6.45, 7) is 0.779. The van der Waals surface area contributed by atoms with Gasteiger partial charge in [-0.1, -0.05) is 27.5 Å². The molecule has 2 atom stereocenters. The lowest BCUT2D eigenvalue weighted by molar-refractivity contribution is 0.0946. The topological polar surface area (TPSA) is 9.23 Å².